The maximum Gasteiger partial charge on any atom is 0.0434 e. The smallest absolute Gasteiger partial charge is 0.0434 e. The lowest BCUT2D eigenvalue weighted by atomic mass is 9.83. The number of hydrogen-bond donors (Lipinski definition) is 0. The molecule has 0 saturated heterocycles. The first-order chi connectivity index (χ1) is 23.8. The summed E-state index contributed by atoms with van der Waals surface area (Å²) in [4.78, 5) is 0. The Balaban J connectivity index is 1.32. The van der Waals surface area contributed by atoms with Gasteiger partial charge in [-0.15, -0.1) is 22.7 Å². The van der Waals surface area contributed by atoms with Crippen LogP contribution in [0.25, 0.3) is 106 Å². The van der Waals surface area contributed by atoms with Gasteiger partial charge in [-0.1, -0.05) is 121 Å². The first-order valence-corrected chi connectivity index (χ1v) is 18.1. The summed E-state index contributed by atoms with van der Waals surface area (Å²) < 4.78 is 5.39. The van der Waals surface area contributed by atoms with E-state index in [2.05, 4.69) is 158 Å². The molecule has 0 radical (unpaired) electrons. The van der Waals surface area contributed by atoms with Gasteiger partial charge in [-0.2, -0.15) is 0 Å². The number of fused-ring (bicyclic) bond motifs is 5. The SMILES string of the molecule is c1ccc(-c2cc(-c3c4ccccc4c(-c4cc5cccc6sc7cccc4c7c56)c4ccccc34)c3sc4ccccc4c3c2)cc1. The molecule has 0 amide bonds. The second kappa shape index (κ2) is 9.98. The molecule has 0 unspecified atom stereocenters. The Labute approximate surface area is 285 Å². The van der Waals surface area contributed by atoms with Crippen LogP contribution in [-0.2, 0) is 0 Å². The quantitative estimate of drug-likeness (QED) is 0.133. The average molecular weight is 643 g/mol. The average Bonchev–Trinajstić information content (AvgIpc) is 3.72. The topological polar surface area (TPSA) is 0 Å². The minimum Gasteiger partial charge on any atom is -0.135 e. The molecule has 0 atom stereocenters. The van der Waals surface area contributed by atoms with E-state index < -0.39 is 0 Å². The fraction of sp³-hybridized carbons (Fsp3) is 0. The minimum absolute atomic E-state index is 1.24. The van der Waals surface area contributed by atoms with E-state index in [4.69, 9.17) is 0 Å². The maximum absolute atomic E-state index is 2.45. The van der Waals surface area contributed by atoms with Gasteiger partial charge >= 0.3 is 0 Å². The van der Waals surface area contributed by atoms with E-state index in [9.17, 15) is 0 Å². The second-order valence-electron chi connectivity index (χ2n) is 12.8. The first kappa shape index (κ1) is 26.5. The summed E-state index contributed by atoms with van der Waals surface area (Å²) >= 11 is 3.82. The highest BCUT2D eigenvalue weighted by molar-refractivity contribution is 7.26. The van der Waals surface area contributed by atoms with E-state index in [0.717, 1.165) is 0 Å². The van der Waals surface area contributed by atoms with Crippen molar-refractivity contribution in [2.45, 2.75) is 0 Å². The van der Waals surface area contributed by atoms with Crippen LogP contribution in [0.5, 0.6) is 0 Å². The van der Waals surface area contributed by atoms with E-state index >= 15 is 0 Å². The molecule has 48 heavy (non-hydrogen) atoms. The van der Waals surface area contributed by atoms with E-state index in [-0.39, 0.29) is 0 Å². The van der Waals surface area contributed by atoms with Crippen molar-refractivity contribution in [3.63, 3.8) is 0 Å². The number of benzene rings is 9. The van der Waals surface area contributed by atoms with Crippen LogP contribution in [-0.4, -0.2) is 0 Å². The van der Waals surface area contributed by atoms with Crippen molar-refractivity contribution in [3.05, 3.63) is 158 Å². The molecule has 11 rings (SSSR count). The van der Waals surface area contributed by atoms with Crippen LogP contribution >= 0.6 is 22.7 Å². The Bertz CT molecular complexity index is 2990. The Kier molecular flexibility index (Phi) is 5.51. The largest absolute Gasteiger partial charge is 0.135 e. The van der Waals surface area contributed by atoms with Crippen LogP contribution < -0.4 is 0 Å². The monoisotopic (exact) mass is 642 g/mol. The van der Waals surface area contributed by atoms with Gasteiger partial charge in [-0.3, -0.25) is 0 Å². The van der Waals surface area contributed by atoms with Crippen LogP contribution in [0, 0.1) is 0 Å². The van der Waals surface area contributed by atoms with Crippen molar-refractivity contribution in [1.82, 2.24) is 0 Å². The van der Waals surface area contributed by atoms with Crippen LogP contribution in [0.4, 0.5) is 0 Å². The third kappa shape index (κ3) is 3.65. The highest BCUT2D eigenvalue weighted by Gasteiger charge is 2.23. The van der Waals surface area contributed by atoms with Crippen molar-refractivity contribution in [2.24, 2.45) is 0 Å². The molecule has 0 bridgehead atoms. The van der Waals surface area contributed by atoms with Crippen LogP contribution in [0.1, 0.15) is 0 Å². The van der Waals surface area contributed by atoms with Gasteiger partial charge in [-0.05, 0) is 96.5 Å². The zero-order valence-electron chi connectivity index (χ0n) is 25.8. The van der Waals surface area contributed by atoms with Gasteiger partial charge in [0, 0.05) is 45.9 Å². The van der Waals surface area contributed by atoms with E-state index in [1.807, 2.05) is 22.7 Å². The van der Waals surface area contributed by atoms with Gasteiger partial charge in [0.25, 0.3) is 0 Å². The maximum atomic E-state index is 2.45. The molecule has 2 aromatic heterocycles. The third-order valence-electron chi connectivity index (χ3n) is 10.2. The van der Waals surface area contributed by atoms with E-state index in [1.54, 1.807) is 0 Å². The lowest BCUT2D eigenvalue weighted by Gasteiger charge is -2.20. The zero-order valence-corrected chi connectivity index (χ0v) is 27.5. The highest BCUT2D eigenvalue weighted by Crippen LogP contribution is 2.51. The summed E-state index contributed by atoms with van der Waals surface area (Å²) in [5, 5.41) is 13.2. The standard InChI is InChI=1S/C46H26S2/c1-2-12-27(13-3-1)29-25-37-30-15-8-9-21-39(30)48-46(37)38(26-29)44-33-18-6-4-16-31(33)43(32-17-5-7-19-34(32)44)36-24-28-14-10-22-40-42(28)45-35(36)20-11-23-41(45)47-40/h1-26H. The Morgan fingerprint density at radius 3 is 1.60 bits per heavy atom. The van der Waals surface area contributed by atoms with Gasteiger partial charge in [-0.25, -0.2) is 0 Å². The van der Waals surface area contributed by atoms with Gasteiger partial charge in [0.15, 0.2) is 0 Å². The lowest BCUT2D eigenvalue weighted by molar-refractivity contribution is 1.65. The van der Waals surface area contributed by atoms with Gasteiger partial charge in [0.05, 0.1) is 0 Å². The second-order valence-corrected chi connectivity index (χ2v) is 14.9. The molecule has 0 aliphatic heterocycles. The molecule has 222 valence electrons. The molecular weight excluding hydrogens is 617 g/mol. The predicted octanol–water partition coefficient (Wildman–Crippen LogP) is 14.3. The molecular formula is C46H26S2. The molecule has 0 fully saturated rings. The third-order valence-corrected chi connectivity index (χ3v) is 12.5. The summed E-state index contributed by atoms with van der Waals surface area (Å²) in [6.07, 6.45) is 0. The summed E-state index contributed by atoms with van der Waals surface area (Å²) in [7, 11) is 0. The number of hydrogen-bond acceptors (Lipinski definition) is 2. The summed E-state index contributed by atoms with van der Waals surface area (Å²) in [5.41, 5.74) is 7.73. The normalized spacial score (nSPS) is 12.2. The summed E-state index contributed by atoms with van der Waals surface area (Å²) in [6.45, 7) is 0. The predicted molar refractivity (Wildman–Crippen MR) is 212 cm³/mol. The van der Waals surface area contributed by atoms with Crippen molar-refractivity contribution >= 4 is 95.3 Å². The minimum atomic E-state index is 1.24. The molecule has 0 aliphatic carbocycles. The van der Waals surface area contributed by atoms with Crippen molar-refractivity contribution < 1.29 is 0 Å². The first-order valence-electron chi connectivity index (χ1n) is 16.4. The van der Waals surface area contributed by atoms with Gasteiger partial charge in [0.2, 0.25) is 0 Å². The van der Waals surface area contributed by atoms with Crippen molar-refractivity contribution in [2.75, 3.05) is 0 Å². The molecule has 11 aromatic rings. The van der Waals surface area contributed by atoms with Crippen LogP contribution in [0.15, 0.2) is 158 Å². The lowest BCUT2D eigenvalue weighted by Crippen LogP contribution is -1.92. The fourth-order valence-corrected chi connectivity index (χ4v) is 10.6. The van der Waals surface area contributed by atoms with Crippen LogP contribution in [0.3, 0.4) is 0 Å². The molecule has 0 spiro atoms. The fourth-order valence-electron chi connectivity index (χ4n) is 8.20. The van der Waals surface area contributed by atoms with Crippen molar-refractivity contribution in [1.29, 1.82) is 0 Å². The Morgan fingerprint density at radius 2 is 0.875 bits per heavy atom. The number of rotatable bonds is 3. The molecule has 9 aromatic carbocycles. The highest BCUT2D eigenvalue weighted by atomic mass is 32.1. The molecule has 0 nitrogen and oxygen atoms in total. The summed E-state index contributed by atoms with van der Waals surface area (Å²) in [6, 6.07) is 58.8. The zero-order chi connectivity index (χ0) is 31.3. The van der Waals surface area contributed by atoms with E-state index in [1.165, 1.54) is 106 Å². The van der Waals surface area contributed by atoms with Gasteiger partial charge in [0.1, 0.15) is 0 Å². The molecule has 0 aliphatic rings. The van der Waals surface area contributed by atoms with E-state index in [0.29, 0.717) is 0 Å². The molecule has 0 N–H and O–H groups in total. The summed E-state index contributed by atoms with van der Waals surface area (Å²) in [5.74, 6) is 0. The van der Waals surface area contributed by atoms with Crippen LogP contribution in [0.2, 0.25) is 0 Å². The Morgan fingerprint density at radius 1 is 0.312 bits per heavy atom. The number of thiophene rings is 2. The van der Waals surface area contributed by atoms with Crippen molar-refractivity contribution in [3.8, 4) is 33.4 Å². The van der Waals surface area contributed by atoms with Gasteiger partial charge < -0.3 is 0 Å². The molecule has 2 heteroatoms. The molecule has 0 saturated carbocycles. The Hall–Kier alpha value is -5.54. The molecule has 2 heterocycles.